The number of hydrogen-bond donors (Lipinski definition) is 1. The predicted octanol–water partition coefficient (Wildman–Crippen LogP) is 1.34. The number of carbonyl (C=O) groups is 1. The van der Waals surface area contributed by atoms with Crippen molar-refractivity contribution < 1.29 is 13.2 Å². The molecule has 1 aliphatic heterocycles. The summed E-state index contributed by atoms with van der Waals surface area (Å²) in [4.78, 5) is 12.2. The Labute approximate surface area is 114 Å². The molecule has 1 aliphatic rings. The van der Waals surface area contributed by atoms with Gasteiger partial charge in [0.25, 0.3) is 0 Å². The average Bonchev–Trinajstić information content (AvgIpc) is 2.36. The topological polar surface area (TPSA) is 63.2 Å². The zero-order valence-corrected chi connectivity index (χ0v) is 11.9. The van der Waals surface area contributed by atoms with Gasteiger partial charge in [-0.1, -0.05) is 18.2 Å². The lowest BCUT2D eigenvalue weighted by Gasteiger charge is -2.19. The number of sulfone groups is 1. The molecule has 0 radical (unpaired) electrons. The molecule has 0 spiro atoms. The van der Waals surface area contributed by atoms with Crippen LogP contribution >= 0.6 is 0 Å². The Kier molecular flexibility index (Phi) is 4.37. The van der Waals surface area contributed by atoms with E-state index in [1.165, 1.54) is 11.8 Å². The van der Waals surface area contributed by atoms with Gasteiger partial charge < -0.3 is 5.32 Å². The molecule has 5 heteroatoms. The van der Waals surface area contributed by atoms with Crippen LogP contribution in [0.2, 0.25) is 0 Å². The summed E-state index contributed by atoms with van der Waals surface area (Å²) in [6.45, 7) is 1.69. The highest BCUT2D eigenvalue weighted by atomic mass is 32.2. The van der Waals surface area contributed by atoms with Gasteiger partial charge in [0.2, 0.25) is 0 Å². The van der Waals surface area contributed by atoms with Crippen LogP contribution in [0, 0.1) is 0 Å². The Morgan fingerprint density at radius 1 is 1.37 bits per heavy atom. The van der Waals surface area contributed by atoms with Crippen LogP contribution in [0.25, 0.3) is 0 Å². The summed E-state index contributed by atoms with van der Waals surface area (Å²) < 4.78 is 22.1. The van der Waals surface area contributed by atoms with Crippen molar-refractivity contribution in [1.29, 1.82) is 0 Å². The van der Waals surface area contributed by atoms with Gasteiger partial charge in [0.15, 0.2) is 5.78 Å². The third kappa shape index (κ3) is 3.88. The van der Waals surface area contributed by atoms with Crippen LogP contribution in [-0.2, 0) is 22.8 Å². The summed E-state index contributed by atoms with van der Waals surface area (Å²) in [7, 11) is -2.98. The van der Waals surface area contributed by atoms with Gasteiger partial charge in [-0.05, 0) is 30.5 Å². The number of fused-ring (bicyclic) bond motifs is 1. The second kappa shape index (κ2) is 5.84. The smallest absolute Gasteiger partial charge is 0.163 e. The number of ketones is 1. The van der Waals surface area contributed by atoms with Crippen molar-refractivity contribution in [2.75, 3.05) is 18.6 Å². The van der Waals surface area contributed by atoms with E-state index < -0.39 is 9.84 Å². The largest absolute Gasteiger partial charge is 0.312 e. The van der Waals surface area contributed by atoms with Crippen molar-refractivity contribution >= 4 is 15.6 Å². The number of nitrogens with one attached hydrogen (secondary N) is 1. The van der Waals surface area contributed by atoms with E-state index >= 15 is 0 Å². The molecule has 104 valence electrons. The summed E-state index contributed by atoms with van der Waals surface area (Å²) in [5, 5.41) is 3.28. The lowest BCUT2D eigenvalue weighted by atomic mass is 9.92. The van der Waals surface area contributed by atoms with E-state index in [9.17, 15) is 13.2 Å². The maximum absolute atomic E-state index is 12.2. The Morgan fingerprint density at radius 2 is 2.16 bits per heavy atom. The fraction of sp³-hybridized carbons (Fsp3) is 0.500. The highest BCUT2D eigenvalue weighted by Gasteiger charge is 2.17. The molecule has 19 heavy (non-hydrogen) atoms. The van der Waals surface area contributed by atoms with Crippen LogP contribution in [0.4, 0.5) is 0 Å². The molecule has 4 nitrogen and oxygen atoms in total. The maximum atomic E-state index is 12.2. The van der Waals surface area contributed by atoms with Crippen molar-refractivity contribution in [3.8, 4) is 0 Å². The van der Waals surface area contributed by atoms with E-state index in [0.29, 0.717) is 12.8 Å². The van der Waals surface area contributed by atoms with Gasteiger partial charge in [0.05, 0.1) is 5.75 Å². The van der Waals surface area contributed by atoms with Crippen LogP contribution in [0.1, 0.15) is 34.3 Å². The van der Waals surface area contributed by atoms with Crippen LogP contribution in [-0.4, -0.2) is 32.8 Å². The Morgan fingerprint density at radius 3 is 2.89 bits per heavy atom. The molecule has 0 saturated carbocycles. The first kappa shape index (κ1) is 14.2. The Hall–Kier alpha value is -1.20. The van der Waals surface area contributed by atoms with Crippen molar-refractivity contribution in [1.82, 2.24) is 5.32 Å². The normalized spacial score (nSPS) is 15.0. The molecule has 0 bridgehead atoms. The van der Waals surface area contributed by atoms with Gasteiger partial charge >= 0.3 is 0 Å². The first-order valence-electron chi connectivity index (χ1n) is 6.50. The minimum Gasteiger partial charge on any atom is -0.312 e. The number of hydrogen-bond acceptors (Lipinski definition) is 4. The van der Waals surface area contributed by atoms with Crippen LogP contribution in [0.5, 0.6) is 0 Å². The second-order valence-electron chi connectivity index (χ2n) is 5.03. The summed E-state index contributed by atoms with van der Waals surface area (Å²) in [6.07, 6.45) is 2.77. The molecule has 0 aliphatic carbocycles. The van der Waals surface area contributed by atoms with Crippen LogP contribution in [0.15, 0.2) is 18.2 Å². The van der Waals surface area contributed by atoms with Gasteiger partial charge in [-0.15, -0.1) is 0 Å². The molecule has 0 aromatic heterocycles. The van der Waals surface area contributed by atoms with Crippen molar-refractivity contribution in [3.05, 3.63) is 34.9 Å². The number of Topliss-reactive ketones (excluding diaryl/α,β-unsaturated/α-hetero) is 1. The molecular weight excluding hydrogens is 262 g/mol. The third-order valence-corrected chi connectivity index (χ3v) is 4.39. The summed E-state index contributed by atoms with van der Waals surface area (Å²) in [5.41, 5.74) is 3.08. The fourth-order valence-corrected chi connectivity index (χ4v) is 3.09. The van der Waals surface area contributed by atoms with Gasteiger partial charge in [-0.2, -0.15) is 0 Å². The van der Waals surface area contributed by atoms with Crippen LogP contribution < -0.4 is 5.32 Å². The Balaban J connectivity index is 2.07. The van der Waals surface area contributed by atoms with Crippen LogP contribution in [0.3, 0.4) is 0 Å². The summed E-state index contributed by atoms with van der Waals surface area (Å²) >= 11 is 0. The SMILES string of the molecule is CS(=O)(=O)CCCC(=O)c1cccc2c1CCNC2. The summed E-state index contributed by atoms with van der Waals surface area (Å²) in [6, 6.07) is 5.79. The maximum Gasteiger partial charge on any atom is 0.163 e. The summed E-state index contributed by atoms with van der Waals surface area (Å²) in [5.74, 6) is 0.136. The average molecular weight is 281 g/mol. The molecule has 2 rings (SSSR count). The lowest BCUT2D eigenvalue weighted by molar-refractivity contribution is 0.0981. The third-order valence-electron chi connectivity index (χ3n) is 3.36. The van der Waals surface area contributed by atoms with E-state index in [1.54, 1.807) is 0 Å². The van der Waals surface area contributed by atoms with Gasteiger partial charge in [0.1, 0.15) is 9.84 Å². The monoisotopic (exact) mass is 281 g/mol. The predicted molar refractivity (Wildman–Crippen MR) is 75.1 cm³/mol. The standard InChI is InChI=1S/C14H19NO3S/c1-19(17,18)9-3-6-14(16)13-5-2-4-11-10-15-8-7-12(11)13/h2,4-5,15H,3,6-10H2,1H3. The van der Waals surface area contributed by atoms with Crippen molar-refractivity contribution in [2.45, 2.75) is 25.8 Å². The Bertz CT molecular complexity index is 578. The molecule has 0 saturated heterocycles. The van der Waals surface area contributed by atoms with Gasteiger partial charge in [-0.3, -0.25) is 4.79 Å². The first-order chi connectivity index (χ1) is 8.97. The van der Waals surface area contributed by atoms with E-state index in [2.05, 4.69) is 5.32 Å². The van der Waals surface area contributed by atoms with Crippen molar-refractivity contribution in [2.24, 2.45) is 0 Å². The molecule has 0 unspecified atom stereocenters. The minimum absolute atomic E-state index is 0.0578. The van der Waals surface area contributed by atoms with Crippen molar-refractivity contribution in [3.63, 3.8) is 0 Å². The van der Waals surface area contributed by atoms with E-state index in [0.717, 1.165) is 30.6 Å². The number of carbonyl (C=O) groups excluding carboxylic acids is 1. The molecule has 0 amide bonds. The number of rotatable bonds is 5. The minimum atomic E-state index is -2.98. The van der Waals surface area contributed by atoms with E-state index in [1.807, 2.05) is 18.2 Å². The molecule has 0 fully saturated rings. The zero-order valence-electron chi connectivity index (χ0n) is 11.1. The lowest BCUT2D eigenvalue weighted by Crippen LogP contribution is -2.25. The first-order valence-corrected chi connectivity index (χ1v) is 8.56. The molecule has 1 aromatic carbocycles. The van der Waals surface area contributed by atoms with Gasteiger partial charge in [0, 0.05) is 24.8 Å². The molecule has 0 atom stereocenters. The van der Waals surface area contributed by atoms with E-state index in [-0.39, 0.29) is 11.5 Å². The quantitative estimate of drug-likeness (QED) is 0.827. The zero-order chi connectivity index (χ0) is 13.9. The van der Waals surface area contributed by atoms with E-state index in [4.69, 9.17) is 0 Å². The highest BCUT2D eigenvalue weighted by Crippen LogP contribution is 2.20. The highest BCUT2D eigenvalue weighted by molar-refractivity contribution is 7.90. The number of benzene rings is 1. The molecule has 1 aromatic rings. The molecular formula is C14H19NO3S. The second-order valence-corrected chi connectivity index (χ2v) is 7.29. The molecule has 1 N–H and O–H groups in total. The van der Waals surface area contributed by atoms with Gasteiger partial charge in [-0.25, -0.2) is 8.42 Å². The fourth-order valence-electron chi connectivity index (χ4n) is 2.42. The molecule has 1 heterocycles.